The molecule has 1 aliphatic rings. The van der Waals surface area contributed by atoms with E-state index in [9.17, 15) is 22.4 Å². The van der Waals surface area contributed by atoms with E-state index in [0.29, 0.717) is 30.1 Å². The molecule has 1 aliphatic heterocycles. The number of sulfonamides is 1. The van der Waals surface area contributed by atoms with Gasteiger partial charge in [-0.15, -0.1) is 0 Å². The van der Waals surface area contributed by atoms with Crippen LogP contribution in [0, 0.1) is 5.82 Å². The van der Waals surface area contributed by atoms with E-state index in [-0.39, 0.29) is 41.4 Å². The lowest BCUT2D eigenvalue weighted by Gasteiger charge is -2.32. The first-order chi connectivity index (χ1) is 20.5. The maximum atomic E-state index is 14.1. The van der Waals surface area contributed by atoms with E-state index in [4.69, 9.17) is 14.2 Å². The number of halogens is 1. The number of carbonyl (C=O) groups is 2. The Bertz CT molecular complexity index is 1550. The summed E-state index contributed by atoms with van der Waals surface area (Å²) in [6.07, 6.45) is 0.689. The van der Waals surface area contributed by atoms with Crippen molar-refractivity contribution in [3.05, 3.63) is 78.1 Å². The molecule has 1 heterocycles. The van der Waals surface area contributed by atoms with Gasteiger partial charge in [-0.25, -0.2) is 12.8 Å². The summed E-state index contributed by atoms with van der Waals surface area (Å²) in [7, 11) is -2.85. The van der Waals surface area contributed by atoms with Gasteiger partial charge in [-0.1, -0.05) is 19.1 Å². The molecule has 12 heteroatoms. The fourth-order valence-corrected chi connectivity index (χ4v) is 5.89. The van der Waals surface area contributed by atoms with Crippen molar-refractivity contribution in [1.29, 1.82) is 0 Å². The molecule has 0 fully saturated rings. The molecule has 0 saturated carbocycles. The van der Waals surface area contributed by atoms with Crippen molar-refractivity contribution >= 4 is 27.5 Å². The molecule has 2 atom stereocenters. The topological polar surface area (TPSA) is 114 Å². The predicted molar refractivity (Wildman–Crippen MR) is 159 cm³/mol. The maximum Gasteiger partial charge on any atom is 0.264 e. The number of hydrogen-bond donors (Lipinski definition) is 1. The van der Waals surface area contributed by atoms with Crippen molar-refractivity contribution in [1.82, 2.24) is 10.2 Å². The lowest BCUT2D eigenvalue weighted by Crippen LogP contribution is -2.52. The van der Waals surface area contributed by atoms with Crippen LogP contribution in [0.2, 0.25) is 0 Å². The van der Waals surface area contributed by atoms with Gasteiger partial charge in [-0.05, 0) is 74.4 Å². The lowest BCUT2D eigenvalue weighted by atomic mass is 10.1. The Hall–Kier alpha value is -4.32. The van der Waals surface area contributed by atoms with Crippen LogP contribution in [0.5, 0.6) is 17.2 Å². The van der Waals surface area contributed by atoms with E-state index >= 15 is 0 Å². The molecule has 2 amide bonds. The molecule has 0 bridgehead atoms. The zero-order valence-electron chi connectivity index (χ0n) is 24.6. The predicted octanol–water partition coefficient (Wildman–Crippen LogP) is 4.13. The Kier molecular flexibility index (Phi) is 10.1. The standard InChI is InChI=1S/C31H36FN3O7S/c1-5-21(2)33-31(37)22(3)34(19-23-7-6-8-26(17-23)40-4)30(36)20-35(25-11-9-24(32)10-12-25)43(38,39)27-13-14-28-29(18-27)42-16-15-41-28/h6-14,17-18,21-22H,5,15-16,19-20H2,1-4H3,(H,33,37)/t21-,22+/m0/s1. The molecule has 0 unspecified atom stereocenters. The van der Waals surface area contributed by atoms with E-state index in [2.05, 4.69) is 5.32 Å². The van der Waals surface area contributed by atoms with Gasteiger partial charge in [0.2, 0.25) is 11.8 Å². The third kappa shape index (κ3) is 7.56. The number of fused-ring (bicyclic) bond motifs is 1. The first-order valence-corrected chi connectivity index (χ1v) is 15.4. The van der Waals surface area contributed by atoms with Gasteiger partial charge in [0.05, 0.1) is 17.7 Å². The average Bonchev–Trinajstić information content (AvgIpc) is 3.02. The third-order valence-electron chi connectivity index (χ3n) is 7.15. The minimum atomic E-state index is -4.37. The van der Waals surface area contributed by atoms with Crippen LogP contribution in [0.25, 0.3) is 0 Å². The molecule has 3 aromatic carbocycles. The number of anilines is 1. The fraction of sp³-hybridized carbons (Fsp3) is 0.355. The number of methoxy groups -OCH3 is 1. The van der Waals surface area contributed by atoms with Crippen LogP contribution in [0.3, 0.4) is 0 Å². The monoisotopic (exact) mass is 613 g/mol. The van der Waals surface area contributed by atoms with Crippen molar-refractivity contribution < 1.29 is 36.6 Å². The van der Waals surface area contributed by atoms with E-state index in [1.807, 2.05) is 13.8 Å². The number of carbonyl (C=O) groups excluding carboxylic acids is 2. The van der Waals surface area contributed by atoms with Crippen LogP contribution in [-0.4, -0.2) is 64.1 Å². The first kappa shape index (κ1) is 31.6. The number of hydrogen-bond acceptors (Lipinski definition) is 7. The SMILES string of the molecule is CC[C@H](C)NC(=O)[C@@H](C)N(Cc1cccc(OC)c1)C(=O)CN(c1ccc(F)cc1)S(=O)(=O)c1ccc2c(c1)OCCO2. The fourth-order valence-electron chi connectivity index (χ4n) is 4.46. The van der Waals surface area contributed by atoms with E-state index in [1.165, 1.54) is 42.3 Å². The van der Waals surface area contributed by atoms with Crippen LogP contribution in [-0.2, 0) is 26.2 Å². The average molecular weight is 614 g/mol. The van der Waals surface area contributed by atoms with Crippen molar-refractivity contribution in [2.45, 2.75) is 50.7 Å². The highest BCUT2D eigenvalue weighted by atomic mass is 32.2. The number of rotatable bonds is 12. The maximum absolute atomic E-state index is 14.1. The summed E-state index contributed by atoms with van der Waals surface area (Å²) < 4.78 is 59.3. The van der Waals surface area contributed by atoms with Crippen molar-refractivity contribution in [2.24, 2.45) is 0 Å². The van der Waals surface area contributed by atoms with Crippen LogP contribution >= 0.6 is 0 Å². The summed E-state index contributed by atoms with van der Waals surface area (Å²) >= 11 is 0. The zero-order chi connectivity index (χ0) is 31.1. The summed E-state index contributed by atoms with van der Waals surface area (Å²) in [4.78, 5) is 28.4. The summed E-state index contributed by atoms with van der Waals surface area (Å²) in [6.45, 7) is 5.31. The molecule has 0 radical (unpaired) electrons. The Morgan fingerprint density at radius 1 is 1.00 bits per heavy atom. The molecule has 3 aromatic rings. The third-order valence-corrected chi connectivity index (χ3v) is 8.92. The van der Waals surface area contributed by atoms with Crippen molar-refractivity contribution in [3.63, 3.8) is 0 Å². The Labute approximate surface area is 251 Å². The number of ether oxygens (including phenoxy) is 3. The molecule has 43 heavy (non-hydrogen) atoms. The van der Waals surface area contributed by atoms with Crippen LogP contribution in [0.15, 0.2) is 71.6 Å². The molecule has 0 saturated heterocycles. The molecule has 230 valence electrons. The highest BCUT2D eigenvalue weighted by molar-refractivity contribution is 7.92. The summed E-state index contributed by atoms with van der Waals surface area (Å²) in [5.41, 5.74) is 0.751. The van der Waals surface area contributed by atoms with Gasteiger partial charge in [0.1, 0.15) is 37.4 Å². The second-order valence-corrected chi connectivity index (χ2v) is 12.0. The molecule has 10 nitrogen and oxygen atoms in total. The van der Waals surface area contributed by atoms with Gasteiger partial charge in [-0.2, -0.15) is 0 Å². The highest BCUT2D eigenvalue weighted by Crippen LogP contribution is 2.34. The summed E-state index contributed by atoms with van der Waals surface area (Å²) in [5.74, 6) is -0.362. The molecule has 4 rings (SSSR count). The van der Waals surface area contributed by atoms with Gasteiger partial charge in [0.15, 0.2) is 11.5 Å². The molecule has 0 spiro atoms. The van der Waals surface area contributed by atoms with Crippen LogP contribution in [0.1, 0.15) is 32.8 Å². The zero-order valence-corrected chi connectivity index (χ0v) is 25.4. The van der Waals surface area contributed by atoms with Gasteiger partial charge in [0.25, 0.3) is 10.0 Å². The lowest BCUT2D eigenvalue weighted by molar-refractivity contribution is -0.139. The number of amides is 2. The van der Waals surface area contributed by atoms with Gasteiger partial charge in [0, 0.05) is 18.7 Å². The Balaban J connectivity index is 1.72. The Morgan fingerprint density at radius 2 is 1.70 bits per heavy atom. The van der Waals surface area contributed by atoms with E-state index in [0.717, 1.165) is 16.4 Å². The minimum Gasteiger partial charge on any atom is -0.497 e. The van der Waals surface area contributed by atoms with Crippen molar-refractivity contribution in [2.75, 3.05) is 31.2 Å². The largest absolute Gasteiger partial charge is 0.497 e. The molecule has 1 N–H and O–H groups in total. The highest BCUT2D eigenvalue weighted by Gasteiger charge is 2.33. The molecule has 0 aliphatic carbocycles. The number of nitrogens with one attached hydrogen (secondary N) is 1. The summed E-state index contributed by atoms with van der Waals surface area (Å²) in [5, 5.41) is 2.89. The Morgan fingerprint density at radius 3 is 2.37 bits per heavy atom. The second-order valence-electron chi connectivity index (χ2n) is 10.2. The van der Waals surface area contributed by atoms with E-state index in [1.54, 1.807) is 31.2 Å². The quantitative estimate of drug-likeness (QED) is 0.327. The summed E-state index contributed by atoms with van der Waals surface area (Å²) in [6, 6.07) is 14.9. The number of benzene rings is 3. The van der Waals surface area contributed by atoms with Gasteiger partial charge >= 0.3 is 0 Å². The first-order valence-electron chi connectivity index (χ1n) is 13.9. The normalized spacial score (nSPS) is 13.9. The molecular formula is C31H36FN3O7S. The van der Waals surface area contributed by atoms with Gasteiger partial charge < -0.3 is 24.4 Å². The van der Waals surface area contributed by atoms with Crippen LogP contribution < -0.4 is 23.8 Å². The van der Waals surface area contributed by atoms with Crippen LogP contribution in [0.4, 0.5) is 10.1 Å². The number of nitrogens with zero attached hydrogens (tertiary/aromatic N) is 2. The second kappa shape index (κ2) is 13.8. The molecular weight excluding hydrogens is 577 g/mol. The van der Waals surface area contributed by atoms with Crippen molar-refractivity contribution in [3.8, 4) is 17.2 Å². The van der Waals surface area contributed by atoms with E-state index < -0.39 is 34.3 Å². The molecule has 0 aromatic heterocycles. The smallest absolute Gasteiger partial charge is 0.264 e. The van der Waals surface area contributed by atoms with Gasteiger partial charge in [-0.3, -0.25) is 13.9 Å². The minimum absolute atomic E-state index is 0.00640.